The van der Waals surface area contributed by atoms with E-state index in [1.54, 1.807) is 0 Å². The van der Waals surface area contributed by atoms with Crippen molar-refractivity contribution < 1.29 is 24.2 Å². The predicted molar refractivity (Wildman–Crippen MR) is 202 cm³/mol. The number of carbonyl (C=O) groups excluding carboxylic acids is 2. The average Bonchev–Trinajstić information content (AvgIpc) is 3.07. The number of allylic oxidation sites excluding steroid dienone is 2. The Morgan fingerprint density at radius 3 is 1.50 bits per heavy atom. The lowest BCUT2D eigenvalue weighted by Gasteiger charge is -2.18. The molecule has 0 spiro atoms. The van der Waals surface area contributed by atoms with Gasteiger partial charge >= 0.3 is 11.9 Å². The molecule has 282 valence electrons. The Labute approximate surface area is 296 Å². The molecule has 0 fully saturated rings. The Morgan fingerprint density at radius 1 is 0.583 bits per heavy atom. The highest BCUT2D eigenvalue weighted by atomic mass is 16.5. The van der Waals surface area contributed by atoms with Gasteiger partial charge in [-0.1, -0.05) is 135 Å². The van der Waals surface area contributed by atoms with Crippen LogP contribution < -0.4 is 11.1 Å². The second-order valence-corrected chi connectivity index (χ2v) is 14.1. The summed E-state index contributed by atoms with van der Waals surface area (Å²) in [7, 11) is 0. The minimum atomic E-state index is -1.00. The van der Waals surface area contributed by atoms with Gasteiger partial charge in [0.2, 0.25) is 5.91 Å². The van der Waals surface area contributed by atoms with E-state index >= 15 is 0 Å². The molecule has 0 aromatic carbocycles. The molecule has 0 rings (SSSR count). The molecule has 0 bridgehead atoms. The van der Waals surface area contributed by atoms with Crippen molar-refractivity contribution in [2.45, 2.75) is 225 Å². The fraction of sp³-hybridized carbons (Fsp3) is 0.878. The maximum atomic E-state index is 12.7. The van der Waals surface area contributed by atoms with Crippen LogP contribution in [0.15, 0.2) is 12.2 Å². The number of nitrogens with two attached hydrogens (primary N) is 1. The van der Waals surface area contributed by atoms with Gasteiger partial charge in [-0.3, -0.25) is 9.59 Å². The maximum absolute atomic E-state index is 12.7. The largest absolute Gasteiger partial charge is 0.480 e. The van der Waals surface area contributed by atoms with Crippen LogP contribution >= 0.6 is 0 Å². The molecular weight excluding hydrogens is 600 g/mol. The van der Waals surface area contributed by atoms with E-state index in [1.807, 2.05) is 0 Å². The van der Waals surface area contributed by atoms with Crippen LogP contribution in [0, 0.1) is 0 Å². The molecule has 7 nitrogen and oxygen atoms in total. The van der Waals surface area contributed by atoms with Crippen molar-refractivity contribution in [2.75, 3.05) is 6.54 Å². The van der Waals surface area contributed by atoms with Gasteiger partial charge < -0.3 is 20.9 Å². The first-order chi connectivity index (χ1) is 23.4. The summed E-state index contributed by atoms with van der Waals surface area (Å²) in [6.07, 6.45) is 38.3. The quantitative estimate of drug-likeness (QED) is 0.0342. The molecule has 0 aromatic rings. The van der Waals surface area contributed by atoms with Gasteiger partial charge in [-0.15, -0.1) is 0 Å². The van der Waals surface area contributed by atoms with E-state index in [0.29, 0.717) is 32.2 Å². The first-order valence-electron chi connectivity index (χ1n) is 20.5. The van der Waals surface area contributed by atoms with Crippen LogP contribution in [0.4, 0.5) is 0 Å². The molecule has 1 amide bonds. The second kappa shape index (κ2) is 36.4. The van der Waals surface area contributed by atoms with Crippen LogP contribution in [0.1, 0.15) is 213 Å². The lowest BCUT2D eigenvalue weighted by molar-refractivity contribution is -0.150. The molecular formula is C41H78N2O5. The Kier molecular flexibility index (Phi) is 35.0. The van der Waals surface area contributed by atoms with Gasteiger partial charge in [0.15, 0.2) is 0 Å². The second-order valence-electron chi connectivity index (χ2n) is 14.1. The topological polar surface area (TPSA) is 119 Å². The van der Waals surface area contributed by atoms with E-state index in [2.05, 4.69) is 31.3 Å². The number of carbonyl (C=O) groups is 3. The number of hydrogen-bond acceptors (Lipinski definition) is 5. The van der Waals surface area contributed by atoms with Gasteiger partial charge in [-0.25, -0.2) is 4.79 Å². The Balaban J connectivity index is 4.12. The molecule has 0 aromatic heterocycles. The molecule has 0 radical (unpaired) electrons. The Bertz CT molecular complexity index is 772. The van der Waals surface area contributed by atoms with Crippen molar-refractivity contribution in [3.63, 3.8) is 0 Å². The third-order valence-electron chi connectivity index (χ3n) is 9.33. The van der Waals surface area contributed by atoms with Crippen LogP contribution in [-0.4, -0.2) is 41.6 Å². The third-order valence-corrected chi connectivity index (χ3v) is 9.33. The van der Waals surface area contributed by atoms with Crippen LogP contribution in [0.5, 0.6) is 0 Å². The first-order valence-corrected chi connectivity index (χ1v) is 20.5. The van der Waals surface area contributed by atoms with Crippen molar-refractivity contribution in [3.05, 3.63) is 12.2 Å². The highest BCUT2D eigenvalue weighted by Crippen LogP contribution is 2.18. The van der Waals surface area contributed by atoms with Crippen molar-refractivity contribution in [3.8, 4) is 0 Å². The molecule has 48 heavy (non-hydrogen) atoms. The molecule has 4 N–H and O–H groups in total. The zero-order chi connectivity index (χ0) is 35.3. The highest BCUT2D eigenvalue weighted by molar-refractivity contribution is 5.83. The fourth-order valence-electron chi connectivity index (χ4n) is 6.21. The molecule has 0 saturated carbocycles. The zero-order valence-electron chi connectivity index (χ0n) is 31.6. The number of hydrogen-bond donors (Lipinski definition) is 3. The number of amides is 1. The maximum Gasteiger partial charge on any atom is 0.326 e. The van der Waals surface area contributed by atoms with Crippen molar-refractivity contribution in [2.24, 2.45) is 5.73 Å². The SMILES string of the molecule is CCCCCCCCC/C=C\CCCCCCCC(=O)OC(CCCCCCCC)CCCCCCCC(=O)NC(CCCN)C(=O)O. The average molecular weight is 679 g/mol. The summed E-state index contributed by atoms with van der Waals surface area (Å²) in [4.78, 5) is 36.2. The molecule has 0 aliphatic carbocycles. The number of carboxylic acid groups (broad SMARTS) is 1. The first kappa shape index (κ1) is 46.1. The summed E-state index contributed by atoms with van der Waals surface area (Å²) in [6.45, 7) is 4.92. The summed E-state index contributed by atoms with van der Waals surface area (Å²) < 4.78 is 5.99. The van der Waals surface area contributed by atoms with Crippen LogP contribution in [0.25, 0.3) is 0 Å². The normalized spacial score (nSPS) is 12.7. The number of aliphatic carboxylic acids is 1. The fourth-order valence-corrected chi connectivity index (χ4v) is 6.21. The number of carboxylic acids is 1. The lowest BCUT2D eigenvalue weighted by Crippen LogP contribution is -2.40. The van der Waals surface area contributed by atoms with Crippen LogP contribution in [0.2, 0.25) is 0 Å². The number of rotatable bonds is 37. The van der Waals surface area contributed by atoms with Gasteiger partial charge in [0.05, 0.1) is 0 Å². The minimum Gasteiger partial charge on any atom is -0.480 e. The van der Waals surface area contributed by atoms with E-state index in [1.165, 1.54) is 109 Å². The van der Waals surface area contributed by atoms with Gasteiger partial charge in [0.1, 0.15) is 12.1 Å². The number of esters is 1. The van der Waals surface area contributed by atoms with Crippen molar-refractivity contribution in [1.29, 1.82) is 0 Å². The number of unbranched alkanes of at least 4 members (excludes halogenated alkanes) is 21. The third kappa shape index (κ3) is 32.6. The molecule has 2 atom stereocenters. The summed E-state index contributed by atoms with van der Waals surface area (Å²) in [5.41, 5.74) is 5.47. The van der Waals surface area contributed by atoms with E-state index in [0.717, 1.165) is 64.2 Å². The summed E-state index contributed by atoms with van der Waals surface area (Å²) in [5, 5.41) is 11.9. The van der Waals surface area contributed by atoms with Crippen molar-refractivity contribution >= 4 is 17.8 Å². The van der Waals surface area contributed by atoms with Gasteiger partial charge in [-0.05, 0) is 83.6 Å². The standard InChI is InChI=1S/C41H78N2O5/c1-3-5-7-9-11-12-13-14-15-16-17-18-19-20-25-29-35-40(45)48-37(31-26-22-10-8-6-4-2)32-27-23-21-24-28-34-39(44)43-38(41(46)47)33-30-36-42/h15-16,37-38H,3-14,17-36,42H2,1-2H3,(H,43,44)(H,46,47)/b16-15-. The smallest absolute Gasteiger partial charge is 0.326 e. The summed E-state index contributed by atoms with van der Waals surface area (Å²) >= 11 is 0. The van der Waals surface area contributed by atoms with Gasteiger partial charge in [-0.2, -0.15) is 0 Å². The molecule has 7 heteroatoms. The highest BCUT2D eigenvalue weighted by Gasteiger charge is 2.19. The van der Waals surface area contributed by atoms with Gasteiger partial charge in [0, 0.05) is 12.8 Å². The van der Waals surface area contributed by atoms with Crippen molar-refractivity contribution in [1.82, 2.24) is 5.32 Å². The Morgan fingerprint density at radius 2 is 1.02 bits per heavy atom. The summed E-state index contributed by atoms with van der Waals surface area (Å²) in [5.74, 6) is -1.24. The minimum absolute atomic E-state index is 0.0174. The zero-order valence-corrected chi connectivity index (χ0v) is 31.6. The molecule has 0 saturated heterocycles. The van der Waals surface area contributed by atoms with E-state index in [4.69, 9.17) is 10.5 Å². The summed E-state index contributed by atoms with van der Waals surface area (Å²) in [6, 6.07) is -0.853. The molecule has 2 unspecified atom stereocenters. The van der Waals surface area contributed by atoms with Gasteiger partial charge in [0.25, 0.3) is 0 Å². The Hall–Kier alpha value is -1.89. The van der Waals surface area contributed by atoms with E-state index < -0.39 is 12.0 Å². The van der Waals surface area contributed by atoms with E-state index in [9.17, 15) is 19.5 Å². The molecule has 0 aliphatic heterocycles. The predicted octanol–water partition coefficient (Wildman–Crippen LogP) is 11.1. The van der Waals surface area contributed by atoms with E-state index in [-0.39, 0.29) is 18.0 Å². The lowest BCUT2D eigenvalue weighted by atomic mass is 10.0. The molecule has 0 aliphatic rings. The monoisotopic (exact) mass is 679 g/mol. The van der Waals surface area contributed by atoms with Crippen LogP contribution in [0.3, 0.4) is 0 Å². The number of ether oxygens (including phenoxy) is 1. The molecule has 0 heterocycles. The van der Waals surface area contributed by atoms with Crippen LogP contribution in [-0.2, 0) is 19.1 Å². The number of nitrogens with one attached hydrogen (secondary N) is 1.